The largest absolute Gasteiger partial charge is 0.493 e. The van der Waals surface area contributed by atoms with Gasteiger partial charge in [0.2, 0.25) is 0 Å². The summed E-state index contributed by atoms with van der Waals surface area (Å²) in [7, 11) is 1.30. The number of benzene rings is 2. The Hall–Kier alpha value is -2.11. The standard InChI is InChI=1S/C18H18ClFO.C3H7NO2/c1-3-12-9-13(20)10-16(19)17(12)14-7-6-11(2)18-15(14)5-4-8-21-18;1-6-3(5)2-4/h6-7,9-10H,3-5,8H2,1-2H3;2,4H2,1H3. The SMILES string of the molecule is CCc1cc(F)cc(Cl)c1-c1ccc(C)c2c1CCCO2.COC(=O)CN. The van der Waals surface area contributed by atoms with E-state index in [9.17, 15) is 9.18 Å². The zero-order valence-electron chi connectivity index (χ0n) is 15.9. The fraction of sp³-hybridized carbons (Fsp3) is 0.381. The molecule has 0 amide bonds. The molecular formula is C21H25ClFNO3. The monoisotopic (exact) mass is 393 g/mol. The highest BCUT2D eigenvalue weighted by molar-refractivity contribution is 6.33. The van der Waals surface area contributed by atoms with Gasteiger partial charge in [0.15, 0.2) is 0 Å². The number of fused-ring (bicyclic) bond motifs is 1. The molecule has 1 aliphatic heterocycles. The molecule has 0 fully saturated rings. The van der Waals surface area contributed by atoms with Crippen LogP contribution in [-0.2, 0) is 22.4 Å². The summed E-state index contributed by atoms with van der Waals surface area (Å²) in [4.78, 5) is 9.83. The first-order valence-corrected chi connectivity index (χ1v) is 9.31. The van der Waals surface area contributed by atoms with Crippen molar-refractivity contribution in [1.82, 2.24) is 0 Å². The minimum absolute atomic E-state index is 0.0312. The molecule has 2 aromatic carbocycles. The first-order chi connectivity index (χ1) is 12.9. The molecular weight excluding hydrogens is 369 g/mol. The van der Waals surface area contributed by atoms with E-state index in [2.05, 4.69) is 23.8 Å². The van der Waals surface area contributed by atoms with Gasteiger partial charge in [-0.1, -0.05) is 30.7 Å². The Labute approximate surface area is 164 Å². The second kappa shape index (κ2) is 9.72. The van der Waals surface area contributed by atoms with E-state index < -0.39 is 0 Å². The fourth-order valence-electron chi connectivity index (χ4n) is 3.14. The predicted octanol–water partition coefficient (Wildman–Crippen LogP) is 4.46. The summed E-state index contributed by atoms with van der Waals surface area (Å²) in [5, 5.41) is 0.475. The summed E-state index contributed by atoms with van der Waals surface area (Å²) in [5.41, 5.74) is 10.1. The third kappa shape index (κ3) is 4.99. The first-order valence-electron chi connectivity index (χ1n) is 8.93. The molecule has 0 aliphatic carbocycles. The maximum absolute atomic E-state index is 13.6. The fourth-order valence-corrected chi connectivity index (χ4v) is 3.47. The van der Waals surface area contributed by atoms with E-state index in [-0.39, 0.29) is 18.3 Å². The van der Waals surface area contributed by atoms with Crippen LogP contribution in [0.15, 0.2) is 24.3 Å². The third-order valence-electron chi connectivity index (χ3n) is 4.46. The zero-order valence-corrected chi connectivity index (χ0v) is 16.7. The average Bonchev–Trinajstić information content (AvgIpc) is 2.68. The number of hydrogen-bond donors (Lipinski definition) is 1. The van der Waals surface area contributed by atoms with Crippen LogP contribution in [-0.4, -0.2) is 26.2 Å². The van der Waals surface area contributed by atoms with Crippen LogP contribution in [0.4, 0.5) is 4.39 Å². The second-order valence-electron chi connectivity index (χ2n) is 6.25. The van der Waals surface area contributed by atoms with E-state index in [4.69, 9.17) is 22.1 Å². The number of hydrogen-bond acceptors (Lipinski definition) is 4. The number of nitrogens with two attached hydrogens (primary N) is 1. The van der Waals surface area contributed by atoms with Crippen LogP contribution in [0.1, 0.15) is 30.0 Å². The van der Waals surface area contributed by atoms with Crippen molar-refractivity contribution in [2.24, 2.45) is 5.73 Å². The van der Waals surface area contributed by atoms with Crippen molar-refractivity contribution in [2.45, 2.75) is 33.1 Å². The number of halogens is 2. The average molecular weight is 394 g/mol. The normalized spacial score (nSPS) is 12.4. The van der Waals surface area contributed by atoms with Crippen molar-refractivity contribution in [3.63, 3.8) is 0 Å². The lowest BCUT2D eigenvalue weighted by Gasteiger charge is -2.24. The minimum Gasteiger partial charge on any atom is -0.493 e. The summed E-state index contributed by atoms with van der Waals surface area (Å²) in [6.07, 6.45) is 2.73. The number of rotatable bonds is 3. The van der Waals surface area contributed by atoms with Crippen molar-refractivity contribution in [2.75, 3.05) is 20.3 Å². The van der Waals surface area contributed by atoms with Crippen molar-refractivity contribution >= 4 is 17.6 Å². The summed E-state index contributed by atoms with van der Waals surface area (Å²) in [5.74, 6) is 0.314. The first kappa shape index (κ1) is 21.2. The number of carbonyl (C=O) groups is 1. The Kier molecular flexibility index (Phi) is 7.63. The lowest BCUT2D eigenvalue weighted by molar-refractivity contribution is -0.138. The zero-order chi connectivity index (χ0) is 20.0. The van der Waals surface area contributed by atoms with E-state index in [1.54, 1.807) is 6.07 Å². The van der Waals surface area contributed by atoms with Gasteiger partial charge in [0, 0.05) is 11.1 Å². The second-order valence-corrected chi connectivity index (χ2v) is 6.65. The molecule has 2 aromatic rings. The Morgan fingerprint density at radius 2 is 2.11 bits per heavy atom. The molecule has 146 valence electrons. The van der Waals surface area contributed by atoms with Gasteiger partial charge in [-0.15, -0.1) is 0 Å². The Bertz CT molecular complexity index is 818. The minimum atomic E-state index is -0.380. The van der Waals surface area contributed by atoms with Crippen LogP contribution < -0.4 is 10.5 Å². The molecule has 6 heteroatoms. The van der Waals surface area contributed by atoms with E-state index in [1.165, 1.54) is 18.7 Å². The summed E-state index contributed by atoms with van der Waals surface area (Å²) in [6, 6.07) is 7.11. The smallest absolute Gasteiger partial charge is 0.319 e. The van der Waals surface area contributed by atoms with E-state index in [0.717, 1.165) is 53.9 Å². The molecule has 0 saturated heterocycles. The highest BCUT2D eigenvalue weighted by Gasteiger charge is 2.21. The molecule has 3 rings (SSSR count). The van der Waals surface area contributed by atoms with Gasteiger partial charge in [-0.3, -0.25) is 4.79 Å². The lowest BCUT2D eigenvalue weighted by Crippen LogP contribution is -2.14. The van der Waals surface area contributed by atoms with Gasteiger partial charge >= 0.3 is 5.97 Å². The molecule has 27 heavy (non-hydrogen) atoms. The molecule has 0 bridgehead atoms. The summed E-state index contributed by atoms with van der Waals surface area (Å²) < 4.78 is 23.6. The number of aryl methyl sites for hydroxylation is 2. The van der Waals surface area contributed by atoms with E-state index in [0.29, 0.717) is 5.02 Å². The number of carbonyl (C=O) groups excluding carboxylic acids is 1. The quantitative estimate of drug-likeness (QED) is 0.782. The third-order valence-corrected chi connectivity index (χ3v) is 4.75. The molecule has 0 atom stereocenters. The number of esters is 1. The number of ether oxygens (including phenoxy) is 2. The van der Waals surface area contributed by atoms with Crippen LogP contribution in [0.5, 0.6) is 5.75 Å². The van der Waals surface area contributed by atoms with Crippen molar-refractivity contribution in [3.8, 4) is 16.9 Å². The van der Waals surface area contributed by atoms with Gasteiger partial charge < -0.3 is 15.2 Å². The van der Waals surface area contributed by atoms with Gasteiger partial charge in [-0.25, -0.2) is 4.39 Å². The maximum atomic E-state index is 13.6. The topological polar surface area (TPSA) is 61.5 Å². The van der Waals surface area contributed by atoms with E-state index in [1.807, 2.05) is 6.92 Å². The lowest BCUT2D eigenvalue weighted by atomic mass is 9.89. The molecule has 0 saturated carbocycles. The molecule has 4 nitrogen and oxygen atoms in total. The molecule has 0 aromatic heterocycles. The van der Waals surface area contributed by atoms with Crippen LogP contribution in [0.2, 0.25) is 5.02 Å². The molecule has 1 heterocycles. The van der Waals surface area contributed by atoms with Gasteiger partial charge in [0.1, 0.15) is 11.6 Å². The van der Waals surface area contributed by atoms with Gasteiger partial charge in [-0.2, -0.15) is 0 Å². The summed E-state index contributed by atoms with van der Waals surface area (Å²) >= 11 is 6.35. The Morgan fingerprint density at radius 3 is 2.70 bits per heavy atom. The van der Waals surface area contributed by atoms with Crippen LogP contribution in [0.3, 0.4) is 0 Å². The highest BCUT2D eigenvalue weighted by Crippen LogP contribution is 2.41. The molecule has 2 N–H and O–H groups in total. The van der Waals surface area contributed by atoms with E-state index >= 15 is 0 Å². The van der Waals surface area contributed by atoms with Crippen LogP contribution >= 0.6 is 11.6 Å². The summed E-state index contributed by atoms with van der Waals surface area (Å²) in [6.45, 7) is 4.80. The van der Waals surface area contributed by atoms with Crippen molar-refractivity contribution < 1.29 is 18.7 Å². The van der Waals surface area contributed by atoms with Crippen molar-refractivity contribution in [3.05, 3.63) is 51.8 Å². The predicted molar refractivity (Wildman–Crippen MR) is 106 cm³/mol. The molecule has 0 spiro atoms. The van der Waals surface area contributed by atoms with Crippen LogP contribution in [0, 0.1) is 12.7 Å². The van der Waals surface area contributed by atoms with Crippen LogP contribution in [0.25, 0.3) is 11.1 Å². The molecule has 0 unspecified atom stereocenters. The van der Waals surface area contributed by atoms with Gasteiger partial charge in [0.05, 0.1) is 25.3 Å². The van der Waals surface area contributed by atoms with Crippen molar-refractivity contribution in [1.29, 1.82) is 0 Å². The Balaban J connectivity index is 0.000000380. The van der Waals surface area contributed by atoms with Gasteiger partial charge in [-0.05, 0) is 55.0 Å². The Morgan fingerprint density at radius 1 is 1.37 bits per heavy atom. The molecule has 1 aliphatic rings. The maximum Gasteiger partial charge on any atom is 0.319 e. The highest BCUT2D eigenvalue weighted by atomic mass is 35.5. The number of methoxy groups -OCH3 is 1. The molecule has 0 radical (unpaired) electrons. The van der Waals surface area contributed by atoms with Gasteiger partial charge in [0.25, 0.3) is 0 Å².